The van der Waals surface area contributed by atoms with Crippen LogP contribution in [0.15, 0.2) is 29.2 Å². The number of nitrogens with zero attached hydrogens (tertiary/aromatic N) is 1. The van der Waals surface area contributed by atoms with E-state index in [0.29, 0.717) is 31.7 Å². The summed E-state index contributed by atoms with van der Waals surface area (Å²) < 4.78 is 47.1. The Morgan fingerprint density at radius 1 is 1.19 bits per heavy atom. The molecule has 7 nitrogen and oxygen atoms in total. The molecule has 21 heavy (non-hydrogen) atoms. The molecule has 0 atom stereocenters. The van der Waals surface area contributed by atoms with Crippen LogP contribution < -0.4 is 10.5 Å². The molecule has 0 aromatic heterocycles. The Morgan fingerprint density at radius 2 is 1.81 bits per heavy atom. The Labute approximate surface area is 126 Å². The van der Waals surface area contributed by atoms with E-state index in [0.717, 1.165) is 0 Å². The molecule has 9 heteroatoms. The zero-order valence-corrected chi connectivity index (χ0v) is 13.7. The van der Waals surface area contributed by atoms with Gasteiger partial charge in [-0.2, -0.15) is 0 Å². The summed E-state index contributed by atoms with van der Waals surface area (Å²) in [5, 5.41) is 8.10. The second kappa shape index (κ2) is 7.21. The molecule has 0 fully saturated rings. The first kappa shape index (κ1) is 17.9. The number of primary sulfonamides is 1. The number of anilines is 1. The molecule has 0 aliphatic carbocycles. The zero-order valence-electron chi connectivity index (χ0n) is 12.1. The highest BCUT2D eigenvalue weighted by Gasteiger charge is 2.14. The molecule has 0 heterocycles. The number of para-hydroxylation sites is 1. The SMILES string of the molecule is CCN(CCCNc1ccccc1S(N)(=O)=O)S(C)(=O)=O. The average molecular weight is 335 g/mol. The van der Waals surface area contributed by atoms with Gasteiger partial charge in [0.25, 0.3) is 0 Å². The molecule has 0 radical (unpaired) electrons. The summed E-state index contributed by atoms with van der Waals surface area (Å²) in [6.45, 7) is 3.00. The van der Waals surface area contributed by atoms with Crippen LogP contribution in [0.3, 0.4) is 0 Å². The van der Waals surface area contributed by atoms with Gasteiger partial charge in [0.05, 0.1) is 11.9 Å². The highest BCUT2D eigenvalue weighted by Crippen LogP contribution is 2.19. The van der Waals surface area contributed by atoms with Gasteiger partial charge in [0.1, 0.15) is 4.90 Å². The summed E-state index contributed by atoms with van der Waals surface area (Å²) in [4.78, 5) is 0.0282. The Bertz CT molecular complexity index is 671. The molecule has 1 rings (SSSR count). The molecule has 0 bridgehead atoms. The van der Waals surface area contributed by atoms with E-state index < -0.39 is 20.0 Å². The minimum Gasteiger partial charge on any atom is -0.384 e. The number of benzene rings is 1. The molecule has 0 aliphatic heterocycles. The summed E-state index contributed by atoms with van der Waals surface area (Å²) in [6.07, 6.45) is 1.72. The van der Waals surface area contributed by atoms with E-state index in [2.05, 4.69) is 5.32 Å². The van der Waals surface area contributed by atoms with Crippen molar-refractivity contribution in [1.82, 2.24) is 4.31 Å². The Balaban J connectivity index is 2.62. The van der Waals surface area contributed by atoms with Gasteiger partial charge in [-0.15, -0.1) is 0 Å². The number of hydrogen-bond donors (Lipinski definition) is 2. The summed E-state index contributed by atoms with van der Waals surface area (Å²) in [5.74, 6) is 0. The zero-order chi connectivity index (χ0) is 16.1. The van der Waals surface area contributed by atoms with E-state index >= 15 is 0 Å². The van der Waals surface area contributed by atoms with Crippen molar-refractivity contribution < 1.29 is 16.8 Å². The van der Waals surface area contributed by atoms with Gasteiger partial charge in [-0.05, 0) is 18.6 Å². The molecule has 0 saturated carbocycles. The van der Waals surface area contributed by atoms with Crippen LogP contribution in [-0.2, 0) is 20.0 Å². The van der Waals surface area contributed by atoms with Gasteiger partial charge in [0.15, 0.2) is 0 Å². The van der Waals surface area contributed by atoms with E-state index in [4.69, 9.17) is 5.14 Å². The fourth-order valence-electron chi connectivity index (χ4n) is 1.90. The molecule has 120 valence electrons. The lowest BCUT2D eigenvalue weighted by Gasteiger charge is -2.18. The van der Waals surface area contributed by atoms with E-state index in [9.17, 15) is 16.8 Å². The molecule has 0 spiro atoms. The minimum absolute atomic E-state index is 0.0282. The van der Waals surface area contributed by atoms with Gasteiger partial charge in [-0.25, -0.2) is 26.3 Å². The molecule has 0 aliphatic rings. The number of nitrogens with one attached hydrogen (secondary N) is 1. The number of rotatable bonds is 8. The number of hydrogen-bond acceptors (Lipinski definition) is 5. The number of nitrogens with two attached hydrogens (primary N) is 1. The first-order chi connectivity index (χ1) is 9.66. The Kier molecular flexibility index (Phi) is 6.14. The maximum absolute atomic E-state index is 11.4. The first-order valence-corrected chi connectivity index (χ1v) is 9.86. The van der Waals surface area contributed by atoms with Crippen LogP contribution in [0.5, 0.6) is 0 Å². The summed E-state index contributed by atoms with van der Waals surface area (Å²) in [7, 11) is -6.99. The first-order valence-electron chi connectivity index (χ1n) is 6.47. The summed E-state index contributed by atoms with van der Waals surface area (Å²) >= 11 is 0. The molecule has 0 amide bonds. The predicted molar refractivity (Wildman–Crippen MR) is 83.0 cm³/mol. The fraction of sp³-hybridized carbons (Fsp3) is 0.500. The van der Waals surface area contributed by atoms with E-state index in [1.54, 1.807) is 25.1 Å². The monoisotopic (exact) mass is 335 g/mol. The standard InChI is InChI=1S/C12H21N3O4S2/c1-3-15(20(2,16)17)10-6-9-14-11-7-4-5-8-12(11)21(13,18)19/h4-5,7-8,14H,3,6,9-10H2,1-2H3,(H2,13,18,19). The van der Waals surface area contributed by atoms with Crippen LogP contribution in [0, 0.1) is 0 Å². The van der Waals surface area contributed by atoms with Crippen molar-refractivity contribution >= 4 is 25.7 Å². The van der Waals surface area contributed by atoms with Gasteiger partial charge in [0.2, 0.25) is 20.0 Å². The van der Waals surface area contributed by atoms with Crippen molar-refractivity contribution in [3.8, 4) is 0 Å². The van der Waals surface area contributed by atoms with E-state index in [1.807, 2.05) is 0 Å². The Hall–Kier alpha value is -1.16. The van der Waals surface area contributed by atoms with Gasteiger partial charge in [-0.3, -0.25) is 0 Å². The van der Waals surface area contributed by atoms with Crippen molar-refractivity contribution in [2.24, 2.45) is 5.14 Å². The lowest BCUT2D eigenvalue weighted by Crippen LogP contribution is -2.31. The van der Waals surface area contributed by atoms with Crippen molar-refractivity contribution in [2.75, 3.05) is 31.2 Å². The van der Waals surface area contributed by atoms with Crippen LogP contribution in [0.4, 0.5) is 5.69 Å². The van der Waals surface area contributed by atoms with Gasteiger partial charge in [0, 0.05) is 19.6 Å². The van der Waals surface area contributed by atoms with Crippen LogP contribution in [0.25, 0.3) is 0 Å². The van der Waals surface area contributed by atoms with Gasteiger partial charge in [-0.1, -0.05) is 19.1 Å². The van der Waals surface area contributed by atoms with Crippen molar-refractivity contribution in [3.05, 3.63) is 24.3 Å². The van der Waals surface area contributed by atoms with Gasteiger partial charge >= 0.3 is 0 Å². The normalized spacial score (nSPS) is 12.6. The summed E-state index contributed by atoms with van der Waals surface area (Å²) in [5.41, 5.74) is 0.419. The quantitative estimate of drug-likeness (QED) is 0.669. The topological polar surface area (TPSA) is 110 Å². The highest BCUT2D eigenvalue weighted by molar-refractivity contribution is 7.89. The maximum atomic E-state index is 11.4. The second-order valence-corrected chi connectivity index (χ2v) is 8.09. The highest BCUT2D eigenvalue weighted by atomic mass is 32.2. The summed E-state index contributed by atoms with van der Waals surface area (Å²) in [6, 6.07) is 6.33. The van der Waals surface area contributed by atoms with Crippen LogP contribution in [-0.4, -0.2) is 47.0 Å². The van der Waals surface area contributed by atoms with Crippen LogP contribution >= 0.6 is 0 Å². The molecule has 3 N–H and O–H groups in total. The lowest BCUT2D eigenvalue weighted by atomic mass is 10.3. The lowest BCUT2D eigenvalue weighted by molar-refractivity contribution is 0.428. The molecular formula is C12H21N3O4S2. The maximum Gasteiger partial charge on any atom is 0.240 e. The third-order valence-electron chi connectivity index (χ3n) is 2.92. The fourth-order valence-corrected chi connectivity index (χ4v) is 3.54. The third kappa shape index (κ3) is 5.62. The smallest absolute Gasteiger partial charge is 0.240 e. The van der Waals surface area contributed by atoms with E-state index in [1.165, 1.54) is 16.6 Å². The molecule has 1 aromatic carbocycles. The third-order valence-corrected chi connectivity index (χ3v) is 5.26. The molecule has 0 saturated heterocycles. The van der Waals surface area contributed by atoms with Crippen molar-refractivity contribution in [3.63, 3.8) is 0 Å². The van der Waals surface area contributed by atoms with Crippen LogP contribution in [0.1, 0.15) is 13.3 Å². The Morgan fingerprint density at radius 3 is 2.33 bits per heavy atom. The van der Waals surface area contributed by atoms with Crippen LogP contribution in [0.2, 0.25) is 0 Å². The van der Waals surface area contributed by atoms with Crippen molar-refractivity contribution in [1.29, 1.82) is 0 Å². The molecular weight excluding hydrogens is 314 g/mol. The predicted octanol–water partition coefficient (Wildman–Crippen LogP) is 0.418. The largest absolute Gasteiger partial charge is 0.384 e. The van der Waals surface area contributed by atoms with E-state index in [-0.39, 0.29) is 4.90 Å². The molecule has 1 aromatic rings. The number of sulfonamides is 2. The van der Waals surface area contributed by atoms with Gasteiger partial charge < -0.3 is 5.32 Å². The molecule has 0 unspecified atom stereocenters. The second-order valence-electron chi connectivity index (χ2n) is 4.58. The van der Waals surface area contributed by atoms with Crippen molar-refractivity contribution in [2.45, 2.75) is 18.2 Å². The minimum atomic E-state index is -3.78. The average Bonchev–Trinajstić information content (AvgIpc) is 2.36.